The maximum atomic E-state index is 11.9. The lowest BCUT2D eigenvalue weighted by atomic mass is 9.79. The summed E-state index contributed by atoms with van der Waals surface area (Å²) in [7, 11) is 0. The van der Waals surface area contributed by atoms with E-state index in [9.17, 15) is 4.79 Å². The molecule has 1 aliphatic heterocycles. The SMILES string of the molecule is CC1(C)CNCC/C1=C\C#CC(=O)c1cccc(Cl)c1. The van der Waals surface area contributed by atoms with E-state index in [2.05, 4.69) is 31.0 Å². The molecule has 0 unspecified atom stereocenters. The average Bonchev–Trinajstić information content (AvgIpc) is 2.40. The summed E-state index contributed by atoms with van der Waals surface area (Å²) in [4.78, 5) is 11.9. The second-order valence-electron chi connectivity index (χ2n) is 5.59. The van der Waals surface area contributed by atoms with Crippen LogP contribution in [-0.4, -0.2) is 18.9 Å². The minimum atomic E-state index is -0.198. The monoisotopic (exact) mass is 287 g/mol. The van der Waals surface area contributed by atoms with Gasteiger partial charge in [-0.25, -0.2) is 0 Å². The van der Waals surface area contributed by atoms with Gasteiger partial charge in [0, 0.05) is 17.1 Å². The fraction of sp³-hybridized carbons (Fsp3) is 0.353. The summed E-state index contributed by atoms with van der Waals surface area (Å²) < 4.78 is 0. The Labute approximate surface area is 125 Å². The average molecular weight is 288 g/mol. The number of ketones is 1. The number of rotatable bonds is 1. The molecular formula is C17H18ClNO. The molecule has 1 aromatic carbocycles. The topological polar surface area (TPSA) is 29.1 Å². The van der Waals surface area contributed by atoms with E-state index in [0.717, 1.165) is 19.5 Å². The molecule has 2 rings (SSSR count). The normalized spacial score (nSPS) is 19.2. The molecule has 1 heterocycles. The van der Waals surface area contributed by atoms with E-state index in [1.54, 1.807) is 24.3 Å². The Balaban J connectivity index is 2.13. The number of allylic oxidation sites excluding steroid dienone is 1. The molecule has 0 spiro atoms. The third-order valence-electron chi connectivity index (χ3n) is 3.53. The third-order valence-corrected chi connectivity index (χ3v) is 3.76. The molecule has 0 aliphatic carbocycles. The van der Waals surface area contributed by atoms with Crippen LogP contribution in [0.2, 0.25) is 5.02 Å². The molecule has 1 N–H and O–H groups in total. The Hall–Kier alpha value is -1.56. The smallest absolute Gasteiger partial charge is 0.236 e. The summed E-state index contributed by atoms with van der Waals surface area (Å²) in [5.74, 6) is 5.36. The second-order valence-corrected chi connectivity index (χ2v) is 6.03. The van der Waals surface area contributed by atoms with Crippen molar-refractivity contribution >= 4 is 17.4 Å². The molecule has 0 atom stereocenters. The van der Waals surface area contributed by atoms with E-state index in [1.165, 1.54) is 5.57 Å². The molecule has 0 radical (unpaired) electrons. The number of hydrogen-bond donors (Lipinski definition) is 1. The molecule has 2 nitrogen and oxygen atoms in total. The first-order valence-corrected chi connectivity index (χ1v) is 7.08. The van der Waals surface area contributed by atoms with Gasteiger partial charge in [0.15, 0.2) is 0 Å². The zero-order valence-electron chi connectivity index (χ0n) is 11.8. The van der Waals surface area contributed by atoms with Crippen LogP contribution < -0.4 is 5.32 Å². The van der Waals surface area contributed by atoms with Crippen LogP contribution in [0.1, 0.15) is 30.6 Å². The first-order valence-electron chi connectivity index (χ1n) is 6.71. The quantitative estimate of drug-likeness (QED) is 0.487. The minimum absolute atomic E-state index is 0.103. The van der Waals surface area contributed by atoms with Gasteiger partial charge in [-0.1, -0.05) is 49.1 Å². The molecular weight excluding hydrogens is 270 g/mol. The van der Waals surface area contributed by atoms with Crippen molar-refractivity contribution in [1.29, 1.82) is 0 Å². The van der Waals surface area contributed by atoms with E-state index in [-0.39, 0.29) is 11.2 Å². The van der Waals surface area contributed by atoms with Gasteiger partial charge in [0.1, 0.15) is 0 Å². The Kier molecular flexibility index (Phi) is 4.65. The minimum Gasteiger partial charge on any atom is -0.316 e. The van der Waals surface area contributed by atoms with Gasteiger partial charge in [-0.2, -0.15) is 0 Å². The zero-order valence-corrected chi connectivity index (χ0v) is 12.6. The highest BCUT2D eigenvalue weighted by Crippen LogP contribution is 2.30. The standard InChI is InChI=1S/C17H18ClNO/c1-17(2)12-19-10-9-14(17)6-4-8-16(20)13-5-3-7-15(18)11-13/h3,5-7,11,19H,9-10,12H2,1-2H3/b14-6+. The van der Waals surface area contributed by atoms with E-state index >= 15 is 0 Å². The van der Waals surface area contributed by atoms with Crippen molar-refractivity contribution < 1.29 is 4.79 Å². The van der Waals surface area contributed by atoms with Gasteiger partial charge in [0.2, 0.25) is 5.78 Å². The molecule has 0 aromatic heterocycles. The predicted octanol–water partition coefficient (Wildman–Crippen LogP) is 3.47. The first-order chi connectivity index (χ1) is 9.49. The van der Waals surface area contributed by atoms with Crippen molar-refractivity contribution in [2.45, 2.75) is 20.3 Å². The Morgan fingerprint density at radius 2 is 2.25 bits per heavy atom. The Bertz CT molecular complexity index is 605. The van der Waals surface area contributed by atoms with Crippen molar-refractivity contribution in [2.75, 3.05) is 13.1 Å². The van der Waals surface area contributed by atoms with Gasteiger partial charge in [-0.05, 0) is 42.5 Å². The van der Waals surface area contributed by atoms with Crippen LogP contribution in [-0.2, 0) is 0 Å². The number of hydrogen-bond acceptors (Lipinski definition) is 2. The largest absolute Gasteiger partial charge is 0.316 e. The summed E-state index contributed by atoms with van der Waals surface area (Å²) in [5, 5.41) is 3.92. The van der Waals surface area contributed by atoms with Gasteiger partial charge >= 0.3 is 0 Å². The fourth-order valence-corrected chi connectivity index (χ4v) is 2.42. The van der Waals surface area contributed by atoms with Gasteiger partial charge < -0.3 is 5.32 Å². The van der Waals surface area contributed by atoms with Gasteiger partial charge in [-0.15, -0.1) is 0 Å². The summed E-state index contributed by atoms with van der Waals surface area (Å²) >= 11 is 5.86. The molecule has 1 saturated heterocycles. The zero-order chi connectivity index (χ0) is 14.6. The molecule has 104 valence electrons. The number of nitrogens with one attached hydrogen (secondary N) is 1. The highest BCUT2D eigenvalue weighted by atomic mass is 35.5. The van der Waals surface area contributed by atoms with Crippen molar-refractivity contribution in [3.05, 3.63) is 46.5 Å². The predicted molar refractivity (Wildman–Crippen MR) is 82.9 cm³/mol. The molecule has 1 fully saturated rings. The maximum absolute atomic E-state index is 11.9. The number of piperidine rings is 1. The number of halogens is 1. The van der Waals surface area contributed by atoms with Crippen molar-refractivity contribution in [3.8, 4) is 11.8 Å². The molecule has 1 aromatic rings. The lowest BCUT2D eigenvalue weighted by Gasteiger charge is -2.33. The summed E-state index contributed by atoms with van der Waals surface area (Å²) in [5.41, 5.74) is 1.93. The van der Waals surface area contributed by atoms with Crippen LogP contribution in [0.5, 0.6) is 0 Å². The van der Waals surface area contributed by atoms with Crippen LogP contribution in [0.3, 0.4) is 0 Å². The van der Waals surface area contributed by atoms with Crippen LogP contribution in [0.25, 0.3) is 0 Å². The van der Waals surface area contributed by atoms with Gasteiger partial charge in [-0.3, -0.25) is 4.79 Å². The highest BCUT2D eigenvalue weighted by molar-refractivity contribution is 6.31. The Morgan fingerprint density at radius 1 is 1.45 bits per heavy atom. The molecule has 0 saturated carbocycles. The maximum Gasteiger partial charge on any atom is 0.236 e. The third kappa shape index (κ3) is 3.72. The molecule has 20 heavy (non-hydrogen) atoms. The van der Waals surface area contributed by atoms with Crippen molar-refractivity contribution in [2.24, 2.45) is 5.41 Å². The van der Waals surface area contributed by atoms with Crippen molar-refractivity contribution in [1.82, 2.24) is 5.32 Å². The molecule has 1 aliphatic rings. The van der Waals surface area contributed by atoms with E-state index < -0.39 is 0 Å². The van der Waals surface area contributed by atoms with Crippen LogP contribution in [0.15, 0.2) is 35.9 Å². The van der Waals surface area contributed by atoms with Crippen LogP contribution in [0, 0.1) is 17.3 Å². The Morgan fingerprint density at radius 3 is 2.95 bits per heavy atom. The summed E-state index contributed by atoms with van der Waals surface area (Å²) in [6.45, 7) is 6.29. The van der Waals surface area contributed by atoms with E-state index in [4.69, 9.17) is 11.6 Å². The first kappa shape index (κ1) is 14.8. The highest BCUT2D eigenvalue weighted by Gasteiger charge is 2.25. The number of benzene rings is 1. The lowest BCUT2D eigenvalue weighted by molar-refractivity contribution is 0.105. The number of carbonyl (C=O) groups is 1. The molecule has 0 bridgehead atoms. The van der Waals surface area contributed by atoms with Crippen LogP contribution >= 0.6 is 11.6 Å². The number of carbonyl (C=O) groups excluding carboxylic acids is 1. The fourth-order valence-electron chi connectivity index (χ4n) is 2.23. The van der Waals surface area contributed by atoms with E-state index in [1.807, 2.05) is 6.08 Å². The summed E-state index contributed by atoms with van der Waals surface area (Å²) in [6.07, 6.45) is 2.87. The molecule has 3 heteroatoms. The second kappa shape index (κ2) is 6.26. The van der Waals surface area contributed by atoms with Crippen LogP contribution in [0.4, 0.5) is 0 Å². The number of Topliss-reactive ketones (excluding diaryl/α,β-unsaturated/α-hetero) is 1. The van der Waals surface area contributed by atoms with Crippen molar-refractivity contribution in [3.63, 3.8) is 0 Å². The summed E-state index contributed by atoms with van der Waals surface area (Å²) in [6, 6.07) is 6.86. The van der Waals surface area contributed by atoms with Gasteiger partial charge in [0.25, 0.3) is 0 Å². The van der Waals surface area contributed by atoms with E-state index in [0.29, 0.717) is 10.6 Å². The lowest BCUT2D eigenvalue weighted by Crippen LogP contribution is -2.37. The van der Waals surface area contributed by atoms with Gasteiger partial charge in [0.05, 0.1) is 0 Å². The molecule has 0 amide bonds.